The number of likely N-dealkylation sites (tertiary alicyclic amines) is 1. The molecule has 1 aliphatic rings. The summed E-state index contributed by atoms with van der Waals surface area (Å²) in [5.74, 6) is -0.388. The maximum absolute atomic E-state index is 12.6. The first kappa shape index (κ1) is 25.1. The number of thiophene rings is 1. The second-order valence-electron chi connectivity index (χ2n) is 9.80. The van der Waals surface area contributed by atoms with Crippen LogP contribution in [0.3, 0.4) is 0 Å². The smallest absolute Gasteiger partial charge is 0.407 e. The minimum absolute atomic E-state index is 0.109. The van der Waals surface area contributed by atoms with Gasteiger partial charge in [-0.2, -0.15) is 0 Å². The normalized spacial score (nSPS) is 16.5. The third-order valence-electron chi connectivity index (χ3n) is 5.10. The number of carbonyl (C=O) groups excluding carboxylic acids is 3. The topological polar surface area (TPSA) is 99.8 Å². The summed E-state index contributed by atoms with van der Waals surface area (Å²) in [5, 5.41) is 10.2. The van der Waals surface area contributed by atoms with Gasteiger partial charge in [0.15, 0.2) is 0 Å². The molecule has 3 N–H and O–H groups in total. The first-order valence-corrected chi connectivity index (χ1v) is 11.6. The quantitative estimate of drug-likeness (QED) is 0.551. The molecule has 174 valence electrons. The Bertz CT molecular complexity index is 788. The zero-order chi connectivity index (χ0) is 23.2. The Kier molecular flexibility index (Phi) is 8.48. The second kappa shape index (κ2) is 10.5. The molecule has 0 aromatic carbocycles. The molecule has 2 rings (SSSR count). The Balaban J connectivity index is 1.82. The van der Waals surface area contributed by atoms with Crippen molar-refractivity contribution in [2.45, 2.75) is 60.0 Å². The number of nitrogens with one attached hydrogen (secondary N) is 3. The number of carbonyl (C=O) groups is 3. The SMILES string of the molecule is Cc1csc(C(=O)NCCNC(=O)OC(C)(C)C)c1NC(=O)CN1CCC(C)(C)CC1. The van der Waals surface area contributed by atoms with Gasteiger partial charge < -0.3 is 20.7 Å². The predicted octanol–water partition coefficient (Wildman–Crippen LogP) is 3.37. The van der Waals surface area contributed by atoms with E-state index in [2.05, 4.69) is 34.7 Å². The van der Waals surface area contributed by atoms with E-state index in [1.54, 1.807) is 20.8 Å². The number of alkyl carbamates (subject to hydrolysis) is 1. The monoisotopic (exact) mass is 452 g/mol. The second-order valence-corrected chi connectivity index (χ2v) is 10.7. The zero-order valence-electron chi connectivity index (χ0n) is 19.5. The fourth-order valence-corrected chi connectivity index (χ4v) is 4.12. The van der Waals surface area contributed by atoms with Crippen LogP contribution in [-0.4, -0.2) is 61.1 Å². The number of hydrogen-bond acceptors (Lipinski definition) is 6. The summed E-state index contributed by atoms with van der Waals surface area (Å²) < 4.78 is 5.16. The van der Waals surface area contributed by atoms with Crippen LogP contribution in [0.15, 0.2) is 5.38 Å². The van der Waals surface area contributed by atoms with Crippen LogP contribution in [0.4, 0.5) is 10.5 Å². The molecule has 2 heterocycles. The van der Waals surface area contributed by atoms with Crippen LogP contribution in [0.25, 0.3) is 0 Å². The van der Waals surface area contributed by atoms with E-state index in [1.165, 1.54) is 11.3 Å². The molecule has 1 saturated heterocycles. The average molecular weight is 453 g/mol. The number of rotatable bonds is 7. The van der Waals surface area contributed by atoms with Crippen LogP contribution >= 0.6 is 11.3 Å². The zero-order valence-corrected chi connectivity index (χ0v) is 20.3. The summed E-state index contributed by atoms with van der Waals surface area (Å²) in [6, 6.07) is 0. The molecule has 0 radical (unpaired) electrons. The largest absolute Gasteiger partial charge is 0.444 e. The van der Waals surface area contributed by atoms with Gasteiger partial charge in [0.1, 0.15) is 10.5 Å². The van der Waals surface area contributed by atoms with Gasteiger partial charge in [-0.3, -0.25) is 14.5 Å². The lowest BCUT2D eigenvalue weighted by atomic mass is 9.83. The third kappa shape index (κ3) is 8.49. The van der Waals surface area contributed by atoms with E-state index in [9.17, 15) is 14.4 Å². The number of amides is 3. The molecule has 0 saturated carbocycles. The van der Waals surface area contributed by atoms with E-state index in [0.717, 1.165) is 31.5 Å². The van der Waals surface area contributed by atoms with E-state index in [-0.39, 0.29) is 24.9 Å². The van der Waals surface area contributed by atoms with Crippen LogP contribution in [0.5, 0.6) is 0 Å². The molecule has 1 aromatic rings. The lowest BCUT2D eigenvalue weighted by molar-refractivity contribution is -0.117. The summed E-state index contributed by atoms with van der Waals surface area (Å²) in [6.45, 7) is 14.4. The molecule has 1 aromatic heterocycles. The maximum Gasteiger partial charge on any atom is 0.407 e. The molecule has 3 amide bonds. The molecular weight excluding hydrogens is 416 g/mol. The van der Waals surface area contributed by atoms with E-state index in [4.69, 9.17) is 4.74 Å². The minimum atomic E-state index is -0.570. The van der Waals surface area contributed by atoms with E-state index in [1.807, 2.05) is 12.3 Å². The van der Waals surface area contributed by atoms with Gasteiger partial charge in [0.25, 0.3) is 5.91 Å². The molecule has 0 atom stereocenters. The molecule has 0 bridgehead atoms. The van der Waals surface area contributed by atoms with Crippen LogP contribution in [0, 0.1) is 12.3 Å². The Hall–Kier alpha value is -2.13. The average Bonchev–Trinajstić information content (AvgIpc) is 2.99. The molecule has 1 fully saturated rings. The van der Waals surface area contributed by atoms with Gasteiger partial charge in [0, 0.05) is 13.1 Å². The van der Waals surface area contributed by atoms with Gasteiger partial charge in [-0.05, 0) is 70.0 Å². The van der Waals surface area contributed by atoms with Crippen molar-refractivity contribution in [3.8, 4) is 0 Å². The Labute approximate surface area is 189 Å². The number of anilines is 1. The molecule has 9 heteroatoms. The molecule has 1 aliphatic heterocycles. The highest BCUT2D eigenvalue weighted by molar-refractivity contribution is 7.13. The van der Waals surface area contributed by atoms with Crippen molar-refractivity contribution in [2.75, 3.05) is 38.0 Å². The van der Waals surface area contributed by atoms with Crippen LogP contribution < -0.4 is 16.0 Å². The number of ether oxygens (including phenoxy) is 1. The summed E-state index contributed by atoms with van der Waals surface area (Å²) in [7, 11) is 0. The van der Waals surface area contributed by atoms with Crippen molar-refractivity contribution in [3.63, 3.8) is 0 Å². The van der Waals surface area contributed by atoms with Crippen LogP contribution in [0.2, 0.25) is 0 Å². The third-order valence-corrected chi connectivity index (χ3v) is 6.20. The van der Waals surface area contributed by atoms with Gasteiger partial charge in [-0.25, -0.2) is 4.79 Å². The lowest BCUT2D eigenvalue weighted by Crippen LogP contribution is -2.41. The van der Waals surface area contributed by atoms with Crippen molar-refractivity contribution in [2.24, 2.45) is 5.41 Å². The fourth-order valence-electron chi connectivity index (χ4n) is 3.20. The molecule has 0 aliphatic carbocycles. The van der Waals surface area contributed by atoms with Crippen molar-refractivity contribution in [1.29, 1.82) is 0 Å². The summed E-state index contributed by atoms with van der Waals surface area (Å²) in [4.78, 5) is 39.4. The van der Waals surface area contributed by atoms with Crippen LogP contribution in [0.1, 0.15) is 62.7 Å². The Morgan fingerprint density at radius 2 is 1.74 bits per heavy atom. The summed E-state index contributed by atoms with van der Waals surface area (Å²) >= 11 is 1.29. The van der Waals surface area contributed by atoms with Crippen molar-refractivity contribution in [3.05, 3.63) is 15.8 Å². The minimum Gasteiger partial charge on any atom is -0.444 e. The highest BCUT2D eigenvalue weighted by Gasteiger charge is 2.27. The van der Waals surface area contributed by atoms with E-state index in [0.29, 0.717) is 22.5 Å². The van der Waals surface area contributed by atoms with Gasteiger partial charge in [-0.1, -0.05) is 13.8 Å². The number of hydrogen-bond donors (Lipinski definition) is 3. The number of nitrogens with zero attached hydrogens (tertiary/aromatic N) is 1. The molecule has 8 nitrogen and oxygen atoms in total. The van der Waals surface area contributed by atoms with Crippen molar-refractivity contribution in [1.82, 2.24) is 15.5 Å². The Morgan fingerprint density at radius 1 is 1.13 bits per heavy atom. The molecule has 31 heavy (non-hydrogen) atoms. The van der Waals surface area contributed by atoms with E-state index < -0.39 is 11.7 Å². The maximum atomic E-state index is 12.6. The predicted molar refractivity (Wildman–Crippen MR) is 124 cm³/mol. The van der Waals surface area contributed by atoms with E-state index >= 15 is 0 Å². The number of piperidine rings is 1. The highest BCUT2D eigenvalue weighted by atomic mass is 32.1. The fraction of sp³-hybridized carbons (Fsp3) is 0.682. The highest BCUT2D eigenvalue weighted by Crippen LogP contribution is 2.30. The summed E-state index contributed by atoms with van der Waals surface area (Å²) in [5.41, 5.74) is 1.18. The van der Waals surface area contributed by atoms with Gasteiger partial charge in [0.05, 0.1) is 12.2 Å². The Morgan fingerprint density at radius 3 is 2.35 bits per heavy atom. The summed E-state index contributed by atoms with van der Waals surface area (Å²) in [6.07, 6.45) is 1.62. The first-order valence-electron chi connectivity index (χ1n) is 10.7. The molecule has 0 unspecified atom stereocenters. The van der Waals surface area contributed by atoms with Gasteiger partial charge in [0.2, 0.25) is 5.91 Å². The van der Waals surface area contributed by atoms with Crippen molar-refractivity contribution >= 4 is 34.9 Å². The van der Waals surface area contributed by atoms with Gasteiger partial charge in [-0.15, -0.1) is 11.3 Å². The van der Waals surface area contributed by atoms with Crippen LogP contribution in [-0.2, 0) is 9.53 Å². The molecular formula is C22H36N4O4S. The number of aryl methyl sites for hydroxylation is 1. The van der Waals surface area contributed by atoms with Gasteiger partial charge >= 0.3 is 6.09 Å². The lowest BCUT2D eigenvalue weighted by Gasteiger charge is -2.36. The standard InChI is InChI=1S/C22H36N4O4S/c1-15-14-31-18(19(28)23-9-10-24-20(29)30-21(2,3)4)17(15)25-16(27)13-26-11-7-22(5,6)8-12-26/h14H,7-13H2,1-6H3,(H,23,28)(H,24,29)(H,25,27). The van der Waals surface area contributed by atoms with Crippen molar-refractivity contribution < 1.29 is 19.1 Å². The first-order chi connectivity index (χ1) is 14.4. The molecule has 0 spiro atoms.